The molecule has 0 fully saturated rings. The van der Waals surface area contributed by atoms with Crippen LogP contribution in [0.1, 0.15) is 41.5 Å². The highest BCUT2D eigenvalue weighted by Crippen LogP contribution is 2.18. The van der Waals surface area contributed by atoms with E-state index in [2.05, 4.69) is 25.7 Å². The number of methoxy groups -OCH3 is 1. The maximum absolute atomic E-state index is 11.3. The third-order valence-electron chi connectivity index (χ3n) is 2.28. The van der Waals surface area contributed by atoms with Gasteiger partial charge in [0, 0.05) is 18.5 Å². The maximum Gasteiger partial charge on any atom is 0.322 e. The van der Waals surface area contributed by atoms with Crippen LogP contribution in [0.25, 0.3) is 0 Å². The van der Waals surface area contributed by atoms with Crippen LogP contribution in [0.15, 0.2) is 0 Å². The lowest BCUT2D eigenvalue weighted by molar-refractivity contribution is -0.119. The third kappa shape index (κ3) is 5.41. The van der Waals surface area contributed by atoms with Gasteiger partial charge in [-0.15, -0.1) is 0 Å². The summed E-state index contributed by atoms with van der Waals surface area (Å²) in [6, 6.07) is 0.159. The molecule has 1 amide bonds. The molecular weight excluding hydrogens is 272 g/mol. The first-order valence-electron chi connectivity index (χ1n) is 6.77. The molecule has 21 heavy (non-hydrogen) atoms. The van der Waals surface area contributed by atoms with Crippen molar-refractivity contribution >= 4 is 17.8 Å². The normalized spacial score (nSPS) is 11.2. The van der Waals surface area contributed by atoms with Crippen molar-refractivity contribution in [1.82, 2.24) is 20.4 Å². The van der Waals surface area contributed by atoms with Crippen molar-refractivity contribution in [1.29, 1.82) is 0 Å². The van der Waals surface area contributed by atoms with Gasteiger partial charge in [0.1, 0.15) is 0 Å². The molecule has 0 saturated heterocycles. The number of hydrogen-bond donors (Lipinski definition) is 2. The predicted molar refractivity (Wildman–Crippen MR) is 81.2 cm³/mol. The van der Waals surface area contributed by atoms with E-state index in [0.29, 0.717) is 11.9 Å². The Kier molecular flexibility index (Phi) is 5.28. The minimum Gasteiger partial charge on any atom is -0.467 e. The average Bonchev–Trinajstić information content (AvgIpc) is 2.32. The zero-order valence-electron chi connectivity index (χ0n) is 13.7. The van der Waals surface area contributed by atoms with Gasteiger partial charge in [-0.1, -0.05) is 0 Å². The minimum atomic E-state index is -0.208. The second kappa shape index (κ2) is 6.55. The molecule has 0 aromatic carbocycles. The number of carbonyl (C=O) groups is 1. The monoisotopic (exact) mass is 296 g/mol. The van der Waals surface area contributed by atoms with Crippen LogP contribution in [0.5, 0.6) is 6.01 Å². The van der Waals surface area contributed by atoms with Crippen LogP contribution in [0.2, 0.25) is 0 Å². The van der Waals surface area contributed by atoms with E-state index in [1.165, 1.54) is 14.0 Å². The number of ether oxygens (including phenoxy) is 1. The highest BCUT2D eigenvalue weighted by molar-refractivity contribution is 5.74. The molecule has 1 aromatic heterocycles. The molecule has 1 rings (SSSR count). The Bertz CT molecular complexity index is 498. The zero-order chi connectivity index (χ0) is 16.2. The number of rotatable bonds is 5. The standard InChI is InChI=1S/C13H24N6O2/c1-8(2)19(18-9(3)20)11-14-10(17-13(4,5)6)15-12(16-11)21-7/h8H,1-7H3,(H,18,20)(H,14,15,16,17). The lowest BCUT2D eigenvalue weighted by Crippen LogP contribution is -2.47. The van der Waals surface area contributed by atoms with Crippen molar-refractivity contribution in [3.05, 3.63) is 0 Å². The summed E-state index contributed by atoms with van der Waals surface area (Å²) < 4.78 is 5.10. The molecule has 0 spiro atoms. The van der Waals surface area contributed by atoms with Crippen LogP contribution in [-0.4, -0.2) is 39.5 Å². The molecule has 8 heteroatoms. The Morgan fingerprint density at radius 3 is 2.29 bits per heavy atom. The van der Waals surface area contributed by atoms with Crippen LogP contribution in [0.4, 0.5) is 11.9 Å². The number of nitrogens with one attached hydrogen (secondary N) is 2. The summed E-state index contributed by atoms with van der Waals surface area (Å²) in [6.45, 7) is 11.3. The quantitative estimate of drug-likeness (QED) is 0.792. The summed E-state index contributed by atoms with van der Waals surface area (Å²) in [5.74, 6) is 0.507. The Balaban J connectivity index is 3.20. The molecule has 0 aliphatic rings. The van der Waals surface area contributed by atoms with Crippen molar-refractivity contribution < 1.29 is 9.53 Å². The average molecular weight is 296 g/mol. The van der Waals surface area contributed by atoms with Gasteiger partial charge in [-0.05, 0) is 34.6 Å². The number of amides is 1. The van der Waals surface area contributed by atoms with E-state index in [0.717, 1.165) is 0 Å². The summed E-state index contributed by atoms with van der Waals surface area (Å²) in [6.07, 6.45) is 0. The molecule has 1 heterocycles. The van der Waals surface area contributed by atoms with Gasteiger partial charge in [0.2, 0.25) is 11.9 Å². The van der Waals surface area contributed by atoms with E-state index < -0.39 is 0 Å². The fraction of sp³-hybridized carbons (Fsp3) is 0.692. The van der Waals surface area contributed by atoms with Gasteiger partial charge in [0.05, 0.1) is 7.11 Å². The number of hydrogen-bond acceptors (Lipinski definition) is 7. The molecule has 0 unspecified atom stereocenters. The van der Waals surface area contributed by atoms with E-state index in [9.17, 15) is 4.79 Å². The number of anilines is 2. The second-order valence-corrected chi connectivity index (χ2v) is 5.95. The number of carbonyl (C=O) groups excluding carboxylic acids is 1. The molecule has 0 bridgehead atoms. The summed E-state index contributed by atoms with van der Waals surface area (Å²) in [5, 5.41) is 4.73. The van der Waals surface area contributed by atoms with E-state index >= 15 is 0 Å². The van der Waals surface area contributed by atoms with Gasteiger partial charge in [-0.3, -0.25) is 10.2 Å². The van der Waals surface area contributed by atoms with E-state index in [-0.39, 0.29) is 23.5 Å². The Hall–Kier alpha value is -2.12. The van der Waals surface area contributed by atoms with Gasteiger partial charge < -0.3 is 10.1 Å². The highest BCUT2D eigenvalue weighted by Gasteiger charge is 2.20. The lowest BCUT2D eigenvalue weighted by atomic mass is 10.1. The Morgan fingerprint density at radius 2 is 1.86 bits per heavy atom. The first-order valence-corrected chi connectivity index (χ1v) is 6.77. The first kappa shape index (κ1) is 16.9. The SMILES string of the molecule is COc1nc(NC(C)(C)C)nc(N(NC(C)=O)C(C)C)n1. The van der Waals surface area contributed by atoms with Crippen molar-refractivity contribution in [2.45, 2.75) is 53.1 Å². The predicted octanol–water partition coefficient (Wildman–Crippen LogP) is 1.36. The van der Waals surface area contributed by atoms with Crippen molar-refractivity contribution in [2.24, 2.45) is 0 Å². The third-order valence-corrected chi connectivity index (χ3v) is 2.28. The van der Waals surface area contributed by atoms with Gasteiger partial charge in [0.15, 0.2) is 0 Å². The molecule has 118 valence electrons. The van der Waals surface area contributed by atoms with E-state index in [1.54, 1.807) is 5.01 Å². The topological polar surface area (TPSA) is 92.3 Å². The van der Waals surface area contributed by atoms with Crippen LogP contribution in [0.3, 0.4) is 0 Å². The summed E-state index contributed by atoms with van der Waals surface area (Å²) >= 11 is 0. The van der Waals surface area contributed by atoms with Crippen LogP contribution < -0.4 is 20.5 Å². The van der Waals surface area contributed by atoms with Crippen LogP contribution in [0, 0.1) is 0 Å². The number of hydrazine groups is 1. The molecule has 0 saturated carbocycles. The molecule has 0 aliphatic carbocycles. The molecular formula is C13H24N6O2. The van der Waals surface area contributed by atoms with Gasteiger partial charge >= 0.3 is 6.01 Å². The van der Waals surface area contributed by atoms with Gasteiger partial charge in [-0.25, -0.2) is 5.01 Å². The number of nitrogens with zero attached hydrogens (tertiary/aromatic N) is 4. The molecule has 0 atom stereocenters. The molecule has 0 radical (unpaired) electrons. The van der Waals surface area contributed by atoms with E-state index in [1.807, 2.05) is 34.6 Å². The summed E-state index contributed by atoms with van der Waals surface area (Å²) in [5.41, 5.74) is 2.49. The van der Waals surface area contributed by atoms with Crippen molar-refractivity contribution in [3.63, 3.8) is 0 Å². The number of aromatic nitrogens is 3. The fourth-order valence-electron chi connectivity index (χ4n) is 1.52. The molecule has 2 N–H and O–H groups in total. The fourth-order valence-corrected chi connectivity index (χ4v) is 1.52. The Morgan fingerprint density at radius 1 is 1.24 bits per heavy atom. The smallest absolute Gasteiger partial charge is 0.322 e. The van der Waals surface area contributed by atoms with E-state index in [4.69, 9.17) is 4.74 Å². The Labute approximate surface area is 125 Å². The molecule has 8 nitrogen and oxygen atoms in total. The molecule has 0 aliphatic heterocycles. The van der Waals surface area contributed by atoms with Gasteiger partial charge in [0.25, 0.3) is 5.95 Å². The highest BCUT2D eigenvalue weighted by atomic mass is 16.5. The molecule has 1 aromatic rings. The largest absolute Gasteiger partial charge is 0.467 e. The summed E-state index contributed by atoms with van der Waals surface area (Å²) in [7, 11) is 1.48. The zero-order valence-corrected chi connectivity index (χ0v) is 13.7. The first-order chi connectivity index (χ1) is 9.62. The lowest BCUT2D eigenvalue weighted by Gasteiger charge is -2.27. The van der Waals surface area contributed by atoms with Gasteiger partial charge in [-0.2, -0.15) is 15.0 Å². The van der Waals surface area contributed by atoms with Crippen LogP contribution in [-0.2, 0) is 4.79 Å². The second-order valence-electron chi connectivity index (χ2n) is 5.95. The summed E-state index contributed by atoms with van der Waals surface area (Å²) in [4.78, 5) is 24.0. The maximum atomic E-state index is 11.3. The van der Waals surface area contributed by atoms with Crippen molar-refractivity contribution in [3.8, 4) is 6.01 Å². The van der Waals surface area contributed by atoms with Crippen molar-refractivity contribution in [2.75, 3.05) is 17.4 Å². The van der Waals surface area contributed by atoms with Crippen LogP contribution >= 0.6 is 0 Å². The minimum absolute atomic E-state index is 0.0245.